The van der Waals surface area contributed by atoms with Crippen molar-refractivity contribution < 1.29 is 9.53 Å². The van der Waals surface area contributed by atoms with Gasteiger partial charge in [0.1, 0.15) is 12.4 Å². The fourth-order valence-corrected chi connectivity index (χ4v) is 3.81. The number of nitrogens with zero attached hydrogens (tertiary/aromatic N) is 4. The van der Waals surface area contributed by atoms with Gasteiger partial charge in [-0.2, -0.15) is 4.98 Å². The summed E-state index contributed by atoms with van der Waals surface area (Å²) < 4.78 is 5.25. The van der Waals surface area contributed by atoms with Gasteiger partial charge in [0.15, 0.2) is 0 Å². The number of hydrogen-bond donors (Lipinski definition) is 1. The van der Waals surface area contributed by atoms with Gasteiger partial charge in [-0.25, -0.2) is 9.78 Å². The zero-order valence-electron chi connectivity index (χ0n) is 18.9. The Morgan fingerprint density at radius 2 is 1.72 bits per heavy atom. The molecule has 1 amide bonds. The quantitative estimate of drug-likeness (QED) is 0.540. The molecule has 3 aromatic rings. The molecule has 2 atom stereocenters. The standard InChI is InChI=1S/C25H29N5O2/c1-17(2)22-16-32-25(31)30(22)23-14-15-26-24(28-23)27-18(3)19-10-12-21(13-11-19)29(4)20-8-6-5-7-9-20/h5-15,17-18,22H,16H2,1-4H3,(H,26,27,28)/t18-,22?/m0/s1. The summed E-state index contributed by atoms with van der Waals surface area (Å²) in [5.74, 6) is 1.29. The first kappa shape index (κ1) is 21.6. The highest BCUT2D eigenvalue weighted by molar-refractivity contribution is 5.89. The maximum absolute atomic E-state index is 12.3. The molecular formula is C25H29N5O2. The first-order valence-electron chi connectivity index (χ1n) is 10.9. The zero-order valence-corrected chi connectivity index (χ0v) is 18.9. The highest BCUT2D eigenvalue weighted by Gasteiger charge is 2.37. The van der Waals surface area contributed by atoms with Gasteiger partial charge in [0, 0.05) is 24.6 Å². The molecule has 1 aliphatic rings. The Kier molecular flexibility index (Phi) is 6.25. The van der Waals surface area contributed by atoms with Gasteiger partial charge in [-0.3, -0.25) is 4.90 Å². The van der Waals surface area contributed by atoms with Crippen molar-refractivity contribution in [2.24, 2.45) is 5.92 Å². The Balaban J connectivity index is 1.47. The molecule has 32 heavy (non-hydrogen) atoms. The van der Waals surface area contributed by atoms with Crippen LogP contribution < -0.4 is 15.1 Å². The first-order chi connectivity index (χ1) is 15.4. The van der Waals surface area contributed by atoms with E-state index in [1.807, 2.05) is 18.2 Å². The van der Waals surface area contributed by atoms with E-state index in [1.165, 1.54) is 0 Å². The molecule has 1 aromatic heterocycles. The minimum absolute atomic E-state index is 0.00671. The molecule has 166 valence electrons. The molecule has 7 heteroatoms. The Bertz CT molecular complexity index is 1060. The number of carbonyl (C=O) groups is 1. The lowest BCUT2D eigenvalue weighted by Gasteiger charge is -2.24. The minimum Gasteiger partial charge on any atom is -0.447 e. The third-order valence-corrected chi connectivity index (χ3v) is 5.83. The molecule has 2 aromatic carbocycles. The van der Waals surface area contributed by atoms with E-state index in [0.717, 1.165) is 16.9 Å². The summed E-state index contributed by atoms with van der Waals surface area (Å²) in [4.78, 5) is 25.0. The zero-order chi connectivity index (χ0) is 22.7. The van der Waals surface area contributed by atoms with Crippen LogP contribution >= 0.6 is 0 Å². The van der Waals surface area contributed by atoms with Gasteiger partial charge in [0.25, 0.3) is 0 Å². The Labute approximate surface area is 189 Å². The molecule has 1 unspecified atom stereocenters. The predicted octanol–water partition coefficient (Wildman–Crippen LogP) is 5.40. The van der Waals surface area contributed by atoms with Crippen molar-refractivity contribution in [3.05, 3.63) is 72.4 Å². The van der Waals surface area contributed by atoms with Crippen LogP contribution in [0, 0.1) is 5.92 Å². The molecule has 1 fully saturated rings. The average molecular weight is 432 g/mol. The number of para-hydroxylation sites is 1. The van der Waals surface area contributed by atoms with Crippen LogP contribution in [0.15, 0.2) is 66.9 Å². The number of nitrogens with one attached hydrogen (secondary N) is 1. The summed E-state index contributed by atoms with van der Waals surface area (Å²) in [6.07, 6.45) is 1.30. The third kappa shape index (κ3) is 4.51. The maximum Gasteiger partial charge on any atom is 0.415 e. The maximum atomic E-state index is 12.3. The summed E-state index contributed by atoms with van der Waals surface area (Å²) in [5.41, 5.74) is 3.36. The smallest absolute Gasteiger partial charge is 0.415 e. The van der Waals surface area contributed by atoms with E-state index < -0.39 is 0 Å². The second kappa shape index (κ2) is 9.26. The lowest BCUT2D eigenvalue weighted by atomic mass is 10.0. The topological polar surface area (TPSA) is 70.6 Å². The van der Waals surface area contributed by atoms with Gasteiger partial charge in [0.05, 0.1) is 12.1 Å². The van der Waals surface area contributed by atoms with Crippen molar-refractivity contribution in [3.63, 3.8) is 0 Å². The lowest BCUT2D eigenvalue weighted by molar-refractivity contribution is 0.177. The third-order valence-electron chi connectivity index (χ3n) is 5.83. The molecule has 4 rings (SSSR count). The van der Waals surface area contributed by atoms with E-state index in [0.29, 0.717) is 18.4 Å². The van der Waals surface area contributed by atoms with Gasteiger partial charge in [-0.1, -0.05) is 44.2 Å². The van der Waals surface area contributed by atoms with Gasteiger partial charge in [-0.05, 0) is 48.7 Å². The minimum atomic E-state index is -0.362. The Morgan fingerprint density at radius 1 is 1.03 bits per heavy atom. The van der Waals surface area contributed by atoms with Crippen molar-refractivity contribution in [1.29, 1.82) is 0 Å². The number of benzene rings is 2. The van der Waals surface area contributed by atoms with E-state index in [9.17, 15) is 4.79 Å². The molecule has 0 aliphatic carbocycles. The molecule has 0 radical (unpaired) electrons. The molecule has 0 bridgehead atoms. The van der Waals surface area contributed by atoms with E-state index in [-0.39, 0.29) is 24.1 Å². The number of ether oxygens (including phenoxy) is 1. The highest BCUT2D eigenvalue weighted by Crippen LogP contribution is 2.28. The summed E-state index contributed by atoms with van der Waals surface area (Å²) >= 11 is 0. The van der Waals surface area contributed by atoms with Gasteiger partial charge in [-0.15, -0.1) is 0 Å². The first-order valence-corrected chi connectivity index (χ1v) is 10.9. The monoisotopic (exact) mass is 431 g/mol. The average Bonchev–Trinajstić information content (AvgIpc) is 3.21. The number of amides is 1. The normalized spacial score (nSPS) is 16.7. The number of carbonyl (C=O) groups excluding carboxylic acids is 1. The van der Waals surface area contributed by atoms with Crippen molar-refractivity contribution in [2.45, 2.75) is 32.9 Å². The molecular weight excluding hydrogens is 402 g/mol. The van der Waals surface area contributed by atoms with E-state index in [4.69, 9.17) is 4.74 Å². The van der Waals surface area contributed by atoms with Crippen molar-refractivity contribution in [2.75, 3.05) is 28.8 Å². The number of aromatic nitrogens is 2. The van der Waals surface area contributed by atoms with Crippen LogP contribution in [0.1, 0.15) is 32.4 Å². The van der Waals surface area contributed by atoms with Crippen LogP contribution in [-0.2, 0) is 4.74 Å². The van der Waals surface area contributed by atoms with Crippen LogP contribution in [0.2, 0.25) is 0 Å². The van der Waals surface area contributed by atoms with Crippen molar-refractivity contribution in [3.8, 4) is 0 Å². The van der Waals surface area contributed by atoms with Gasteiger partial charge < -0.3 is 15.0 Å². The summed E-state index contributed by atoms with van der Waals surface area (Å²) in [6.45, 7) is 6.58. The number of cyclic esters (lactones) is 1. The number of rotatable bonds is 7. The van der Waals surface area contributed by atoms with Crippen LogP contribution in [0.25, 0.3) is 0 Å². The van der Waals surface area contributed by atoms with Crippen LogP contribution in [0.3, 0.4) is 0 Å². The van der Waals surface area contributed by atoms with E-state index in [1.54, 1.807) is 17.2 Å². The lowest BCUT2D eigenvalue weighted by Crippen LogP contribution is -2.37. The largest absolute Gasteiger partial charge is 0.447 e. The Hall–Kier alpha value is -3.61. The molecule has 1 N–H and O–H groups in total. The summed E-state index contributed by atoms with van der Waals surface area (Å²) in [5, 5.41) is 3.35. The summed E-state index contributed by atoms with van der Waals surface area (Å²) in [7, 11) is 2.05. The van der Waals surface area contributed by atoms with Gasteiger partial charge in [0.2, 0.25) is 5.95 Å². The molecule has 1 aliphatic heterocycles. The SMILES string of the molecule is CC(C)C1COC(=O)N1c1ccnc(N[C@@H](C)c2ccc(N(C)c3ccccc3)cc2)n1. The van der Waals surface area contributed by atoms with E-state index >= 15 is 0 Å². The molecule has 0 saturated carbocycles. The second-order valence-corrected chi connectivity index (χ2v) is 8.35. The number of anilines is 4. The molecule has 1 saturated heterocycles. The van der Waals surface area contributed by atoms with E-state index in [2.05, 4.69) is 84.4 Å². The molecule has 0 spiro atoms. The fourth-order valence-electron chi connectivity index (χ4n) is 3.81. The fraction of sp³-hybridized carbons (Fsp3) is 0.320. The summed E-state index contributed by atoms with van der Waals surface area (Å²) in [6, 6.07) is 20.4. The van der Waals surface area contributed by atoms with Gasteiger partial charge >= 0.3 is 6.09 Å². The second-order valence-electron chi connectivity index (χ2n) is 8.35. The highest BCUT2D eigenvalue weighted by atomic mass is 16.6. The van der Waals surface area contributed by atoms with Crippen LogP contribution in [0.5, 0.6) is 0 Å². The molecule has 7 nitrogen and oxygen atoms in total. The number of hydrogen-bond acceptors (Lipinski definition) is 6. The van der Waals surface area contributed by atoms with Crippen molar-refractivity contribution in [1.82, 2.24) is 9.97 Å². The van der Waals surface area contributed by atoms with Crippen LogP contribution in [-0.4, -0.2) is 35.8 Å². The predicted molar refractivity (Wildman–Crippen MR) is 127 cm³/mol. The molecule has 2 heterocycles. The van der Waals surface area contributed by atoms with Crippen LogP contribution in [0.4, 0.5) is 27.9 Å². The Morgan fingerprint density at radius 3 is 2.41 bits per heavy atom. The van der Waals surface area contributed by atoms with Crippen molar-refractivity contribution >= 4 is 29.2 Å².